The van der Waals surface area contributed by atoms with Crippen LogP contribution in [0.4, 0.5) is 5.69 Å². The number of rotatable bonds is 10. The summed E-state index contributed by atoms with van der Waals surface area (Å²) in [6, 6.07) is 36.6. The SMILES string of the molecule is C=CCNC(=O)[C@@H]1[C@H]2C(=O)O[C@H](c3ccccc3)[C@H](c3ccccc3)N2[C@H](c2ccccc2OCCO)[C@@]12C(=O)Nc1ccc(C#CCn3nnc4ccccc43)cc12. The Bertz CT molecular complexity index is 2640. The first kappa shape index (κ1) is 37.5. The number of anilines is 1. The Morgan fingerprint density at radius 2 is 1.66 bits per heavy atom. The predicted octanol–water partition coefficient (Wildman–Crippen LogP) is 5.43. The number of aromatic nitrogens is 3. The van der Waals surface area contributed by atoms with E-state index in [9.17, 15) is 14.7 Å². The molecule has 59 heavy (non-hydrogen) atoms. The third-order valence-electron chi connectivity index (χ3n) is 11.5. The van der Waals surface area contributed by atoms with E-state index < -0.39 is 53.3 Å². The normalized spacial score (nSPS) is 23.1. The molecule has 2 amide bonds. The summed E-state index contributed by atoms with van der Waals surface area (Å²) in [5, 5.41) is 24.5. The predicted molar refractivity (Wildman–Crippen MR) is 220 cm³/mol. The zero-order valence-electron chi connectivity index (χ0n) is 31.9. The minimum atomic E-state index is -1.73. The number of benzene rings is 5. The molecule has 3 N–H and O–H groups in total. The molecule has 0 radical (unpaired) electrons. The van der Waals surface area contributed by atoms with Gasteiger partial charge in [-0.25, -0.2) is 4.68 Å². The van der Waals surface area contributed by atoms with Crippen molar-refractivity contribution in [2.45, 2.75) is 36.2 Å². The van der Waals surface area contributed by atoms with Crippen LogP contribution in [0.5, 0.6) is 5.75 Å². The van der Waals surface area contributed by atoms with Crippen molar-refractivity contribution in [3.8, 4) is 17.6 Å². The van der Waals surface area contributed by atoms with Crippen LogP contribution in [0.15, 0.2) is 140 Å². The Balaban J connectivity index is 1.29. The quantitative estimate of drug-likeness (QED) is 0.0941. The Morgan fingerprint density at radius 1 is 0.932 bits per heavy atom. The number of amides is 2. The molecule has 6 aromatic rings. The number of aliphatic hydroxyl groups excluding tert-OH is 1. The van der Waals surface area contributed by atoms with E-state index in [1.54, 1.807) is 22.9 Å². The summed E-state index contributed by atoms with van der Waals surface area (Å²) in [5.41, 5.74) is 3.59. The molecule has 9 rings (SSSR count). The van der Waals surface area contributed by atoms with E-state index in [1.165, 1.54) is 0 Å². The van der Waals surface area contributed by atoms with Gasteiger partial charge in [-0.3, -0.25) is 19.3 Å². The second-order valence-electron chi connectivity index (χ2n) is 14.7. The van der Waals surface area contributed by atoms with Gasteiger partial charge in [0.15, 0.2) is 0 Å². The molecule has 294 valence electrons. The Labute approximate surface area is 340 Å². The molecule has 0 bridgehead atoms. The molecule has 0 aliphatic carbocycles. The summed E-state index contributed by atoms with van der Waals surface area (Å²) in [6.45, 7) is 3.88. The Hall–Kier alpha value is -7.07. The van der Waals surface area contributed by atoms with Crippen molar-refractivity contribution in [3.05, 3.63) is 168 Å². The third kappa shape index (κ3) is 6.32. The minimum absolute atomic E-state index is 0.0240. The summed E-state index contributed by atoms with van der Waals surface area (Å²) in [5.74, 6) is 3.94. The van der Waals surface area contributed by atoms with E-state index in [-0.39, 0.29) is 26.3 Å². The summed E-state index contributed by atoms with van der Waals surface area (Å²) in [4.78, 5) is 47.3. The number of aliphatic hydroxyl groups is 1. The fourth-order valence-corrected chi connectivity index (χ4v) is 9.17. The average molecular weight is 785 g/mol. The number of hydrogen-bond acceptors (Lipinski definition) is 9. The molecule has 1 spiro atoms. The lowest BCUT2D eigenvalue weighted by Crippen LogP contribution is -2.54. The summed E-state index contributed by atoms with van der Waals surface area (Å²) >= 11 is 0. The molecule has 12 heteroatoms. The minimum Gasteiger partial charge on any atom is -0.491 e. The topological polar surface area (TPSA) is 148 Å². The number of carbonyl (C=O) groups is 3. The first-order chi connectivity index (χ1) is 28.9. The van der Waals surface area contributed by atoms with E-state index in [4.69, 9.17) is 9.47 Å². The van der Waals surface area contributed by atoms with Crippen molar-refractivity contribution < 1.29 is 29.0 Å². The van der Waals surface area contributed by atoms with Crippen molar-refractivity contribution >= 4 is 34.5 Å². The van der Waals surface area contributed by atoms with E-state index in [0.717, 1.165) is 22.2 Å². The molecule has 0 saturated carbocycles. The lowest BCUT2D eigenvalue weighted by molar-refractivity contribution is -0.178. The number of fused-ring (bicyclic) bond motifs is 4. The maximum Gasteiger partial charge on any atom is 0.324 e. The molecule has 1 aromatic heterocycles. The standard InChI is InChI=1S/C47H40N6O6/c1-2-25-48-44(55)39-41-45(56)59-42(32-17-7-4-8-18-32)40(31-15-5-3-6-16-31)53(41)43(33-19-9-12-22-38(33)58-28-27-54)47(39)34-29-30(23-24-35(34)49-46(47)57)14-13-26-52-37-21-11-10-20-36(37)50-51-52/h2-12,15-24,29,39-43,54H,1,25-28H2,(H,48,55)(H,49,57)/t39-,40-,41-,42+,43+,47-/m0/s1. The highest BCUT2D eigenvalue weighted by Crippen LogP contribution is 2.65. The first-order valence-electron chi connectivity index (χ1n) is 19.5. The number of hydrogen-bond donors (Lipinski definition) is 3. The van der Waals surface area contributed by atoms with Crippen molar-refractivity contribution in [1.29, 1.82) is 0 Å². The molecule has 12 nitrogen and oxygen atoms in total. The number of nitrogens with zero attached hydrogens (tertiary/aromatic N) is 4. The lowest BCUT2D eigenvalue weighted by atomic mass is 9.65. The van der Waals surface area contributed by atoms with Gasteiger partial charge in [0.1, 0.15) is 42.0 Å². The number of nitrogens with one attached hydrogen (secondary N) is 2. The number of ether oxygens (including phenoxy) is 2. The van der Waals surface area contributed by atoms with Gasteiger partial charge in [-0.05, 0) is 53.1 Å². The van der Waals surface area contributed by atoms with Crippen LogP contribution in [0.1, 0.15) is 46.0 Å². The van der Waals surface area contributed by atoms with Gasteiger partial charge in [0, 0.05) is 23.4 Å². The van der Waals surface area contributed by atoms with Crippen LogP contribution in [-0.2, 0) is 31.1 Å². The molecule has 6 atom stereocenters. The highest BCUT2D eigenvalue weighted by atomic mass is 16.6. The number of para-hydroxylation sites is 2. The zero-order valence-corrected chi connectivity index (χ0v) is 31.9. The van der Waals surface area contributed by atoms with E-state index in [0.29, 0.717) is 28.1 Å². The van der Waals surface area contributed by atoms with Gasteiger partial charge >= 0.3 is 5.97 Å². The largest absolute Gasteiger partial charge is 0.491 e. The molecule has 2 saturated heterocycles. The maximum atomic E-state index is 15.4. The second-order valence-corrected chi connectivity index (χ2v) is 14.7. The van der Waals surface area contributed by atoms with Crippen molar-refractivity contribution in [3.63, 3.8) is 0 Å². The summed E-state index contributed by atoms with van der Waals surface area (Å²) in [7, 11) is 0. The van der Waals surface area contributed by atoms with E-state index >= 15 is 4.79 Å². The van der Waals surface area contributed by atoms with Crippen molar-refractivity contribution in [1.82, 2.24) is 25.2 Å². The monoisotopic (exact) mass is 784 g/mol. The van der Waals surface area contributed by atoms with Crippen molar-refractivity contribution in [2.24, 2.45) is 5.92 Å². The second kappa shape index (κ2) is 15.7. The molecular weight excluding hydrogens is 745 g/mol. The molecule has 5 aromatic carbocycles. The van der Waals surface area contributed by atoms with Gasteiger partial charge in [0.2, 0.25) is 11.8 Å². The third-order valence-corrected chi connectivity index (χ3v) is 11.5. The lowest BCUT2D eigenvalue weighted by Gasteiger charge is -2.46. The summed E-state index contributed by atoms with van der Waals surface area (Å²) < 4.78 is 14.4. The molecule has 3 aliphatic heterocycles. The van der Waals surface area contributed by atoms with Gasteiger partial charge in [0.25, 0.3) is 0 Å². The highest BCUT2D eigenvalue weighted by Gasteiger charge is 2.74. The molecule has 2 fully saturated rings. The van der Waals surface area contributed by atoms with Crippen LogP contribution < -0.4 is 15.4 Å². The fourth-order valence-electron chi connectivity index (χ4n) is 9.17. The van der Waals surface area contributed by atoms with Gasteiger partial charge < -0.3 is 25.2 Å². The van der Waals surface area contributed by atoms with Gasteiger partial charge in [0.05, 0.1) is 30.1 Å². The first-order valence-corrected chi connectivity index (χ1v) is 19.5. The molecule has 3 aliphatic rings. The van der Waals surface area contributed by atoms with E-state index in [1.807, 2.05) is 120 Å². The van der Waals surface area contributed by atoms with Gasteiger partial charge in [-0.2, -0.15) is 0 Å². The zero-order chi connectivity index (χ0) is 40.5. The fraction of sp³-hybridized carbons (Fsp3) is 0.213. The Kier molecular flexibility index (Phi) is 9.98. The Morgan fingerprint density at radius 3 is 2.44 bits per heavy atom. The number of carbonyl (C=O) groups excluding carboxylic acids is 3. The maximum absolute atomic E-state index is 15.4. The van der Waals surface area contributed by atoms with Crippen LogP contribution in [-0.4, -0.2) is 68.6 Å². The van der Waals surface area contributed by atoms with Gasteiger partial charge in [-0.15, -0.1) is 11.7 Å². The highest BCUT2D eigenvalue weighted by molar-refractivity contribution is 6.12. The van der Waals surface area contributed by atoms with Gasteiger partial charge in [-0.1, -0.05) is 114 Å². The van der Waals surface area contributed by atoms with Crippen LogP contribution in [0.25, 0.3) is 11.0 Å². The summed E-state index contributed by atoms with van der Waals surface area (Å²) in [6.07, 6.45) is 0.732. The average Bonchev–Trinajstić information content (AvgIpc) is 3.92. The number of morpholine rings is 1. The smallest absolute Gasteiger partial charge is 0.324 e. The molecule has 4 heterocycles. The number of esters is 1. The van der Waals surface area contributed by atoms with Crippen LogP contribution in [0, 0.1) is 17.8 Å². The van der Waals surface area contributed by atoms with Crippen LogP contribution >= 0.6 is 0 Å². The molecule has 0 unspecified atom stereocenters. The van der Waals surface area contributed by atoms with Crippen molar-refractivity contribution in [2.75, 3.05) is 25.1 Å². The molecular formula is C47H40N6O6. The van der Waals surface area contributed by atoms with E-state index in [2.05, 4.69) is 39.4 Å². The number of cyclic esters (lactones) is 1. The van der Waals surface area contributed by atoms with Crippen LogP contribution in [0.3, 0.4) is 0 Å². The van der Waals surface area contributed by atoms with Crippen LogP contribution in [0.2, 0.25) is 0 Å².